The van der Waals surface area contributed by atoms with Crippen molar-refractivity contribution < 1.29 is 28.6 Å². The second-order valence-corrected chi connectivity index (χ2v) is 11.2. The third-order valence-corrected chi connectivity index (χ3v) is 7.09. The Balaban J connectivity index is 1.59. The summed E-state index contributed by atoms with van der Waals surface area (Å²) in [6.45, 7) is 6.45. The number of pyridine rings is 1. The number of carbonyl (C=O) groups excluding carboxylic acids is 3. The molecule has 14 heteroatoms. The molecule has 0 saturated heterocycles. The van der Waals surface area contributed by atoms with E-state index >= 15 is 0 Å². The first-order chi connectivity index (χ1) is 20.3. The highest BCUT2D eigenvalue weighted by Crippen LogP contribution is 2.41. The Morgan fingerprint density at radius 3 is 2.37 bits per heavy atom. The molecule has 43 heavy (non-hydrogen) atoms. The Hall–Kier alpha value is -4.39. The van der Waals surface area contributed by atoms with Crippen molar-refractivity contribution in [2.45, 2.75) is 26.2 Å². The smallest absolute Gasteiger partial charge is 0.324 e. The lowest BCUT2D eigenvalue weighted by molar-refractivity contribution is -0.114. The maximum absolute atomic E-state index is 12.7. The number of fused-ring (bicyclic) bond motifs is 1. The molecule has 0 aliphatic rings. The maximum Gasteiger partial charge on any atom is 0.324 e. The average molecular weight is 630 g/mol. The fourth-order valence-corrected chi connectivity index (χ4v) is 4.35. The van der Waals surface area contributed by atoms with E-state index in [-0.39, 0.29) is 57.2 Å². The summed E-state index contributed by atoms with van der Waals surface area (Å²) in [6.07, 6.45) is 1.49. The Labute approximate surface area is 257 Å². The Morgan fingerprint density at radius 1 is 0.977 bits per heavy atom. The lowest BCUT2D eigenvalue weighted by Crippen LogP contribution is -2.24. The van der Waals surface area contributed by atoms with Gasteiger partial charge in [-0.3, -0.25) is 24.6 Å². The molecule has 12 nitrogen and oxygen atoms in total. The SMILES string of the molecule is COCCOc1cc2nccc(Oc3ccc(NC(=O)Nc4cc(C(C)(C)C)nn4C)c(Cl)c3Cl)c2cc1C(=O)C(N)=O. The van der Waals surface area contributed by atoms with Crippen molar-refractivity contribution in [1.82, 2.24) is 14.8 Å². The number of urea groups is 1. The molecule has 2 heterocycles. The van der Waals surface area contributed by atoms with Gasteiger partial charge >= 0.3 is 6.03 Å². The summed E-state index contributed by atoms with van der Waals surface area (Å²) in [6, 6.07) is 8.75. The van der Waals surface area contributed by atoms with E-state index in [1.54, 1.807) is 23.9 Å². The number of hydrogen-bond acceptors (Lipinski definition) is 8. The van der Waals surface area contributed by atoms with Crippen molar-refractivity contribution in [3.63, 3.8) is 0 Å². The molecule has 226 valence electrons. The molecule has 0 spiro atoms. The summed E-state index contributed by atoms with van der Waals surface area (Å²) in [4.78, 5) is 41.4. The van der Waals surface area contributed by atoms with Crippen molar-refractivity contribution in [1.29, 1.82) is 0 Å². The molecule has 0 bridgehead atoms. The van der Waals surface area contributed by atoms with Gasteiger partial charge in [0.1, 0.15) is 34.7 Å². The zero-order valence-corrected chi connectivity index (χ0v) is 25.6. The number of anilines is 2. The van der Waals surface area contributed by atoms with Gasteiger partial charge in [0.05, 0.1) is 34.1 Å². The van der Waals surface area contributed by atoms with Gasteiger partial charge < -0.3 is 25.3 Å². The number of nitrogens with one attached hydrogen (secondary N) is 2. The number of methoxy groups -OCH3 is 1. The van der Waals surface area contributed by atoms with Gasteiger partial charge in [-0.1, -0.05) is 44.0 Å². The van der Waals surface area contributed by atoms with Crippen LogP contribution in [-0.4, -0.2) is 52.8 Å². The van der Waals surface area contributed by atoms with Crippen LogP contribution in [0.15, 0.2) is 42.6 Å². The van der Waals surface area contributed by atoms with Crippen LogP contribution >= 0.6 is 23.2 Å². The fourth-order valence-electron chi connectivity index (χ4n) is 3.95. The van der Waals surface area contributed by atoms with Crippen molar-refractivity contribution in [2.24, 2.45) is 12.8 Å². The zero-order chi connectivity index (χ0) is 31.5. The fraction of sp³-hybridized carbons (Fsp3) is 0.276. The molecular weight excluding hydrogens is 599 g/mol. The molecule has 0 saturated carbocycles. The van der Waals surface area contributed by atoms with Crippen molar-refractivity contribution in [3.05, 3.63) is 63.9 Å². The molecule has 0 unspecified atom stereocenters. The normalized spacial score (nSPS) is 11.3. The number of aromatic nitrogens is 3. The molecule has 4 aromatic rings. The van der Waals surface area contributed by atoms with E-state index in [0.717, 1.165) is 5.69 Å². The van der Waals surface area contributed by atoms with Crippen molar-refractivity contribution in [2.75, 3.05) is 31.0 Å². The predicted molar refractivity (Wildman–Crippen MR) is 164 cm³/mol. The van der Waals surface area contributed by atoms with E-state index in [2.05, 4.69) is 20.7 Å². The number of Topliss-reactive ketones (excluding diaryl/α,β-unsaturated/α-hetero) is 1. The number of amides is 3. The van der Waals surface area contributed by atoms with Crippen LogP contribution < -0.4 is 25.8 Å². The van der Waals surface area contributed by atoms with E-state index in [1.165, 1.54) is 37.6 Å². The molecule has 0 atom stereocenters. The summed E-state index contributed by atoms with van der Waals surface area (Å²) < 4.78 is 18.3. The molecule has 4 N–H and O–H groups in total. The van der Waals surface area contributed by atoms with Crippen LogP contribution in [0.2, 0.25) is 10.0 Å². The summed E-state index contributed by atoms with van der Waals surface area (Å²) in [7, 11) is 3.23. The molecule has 0 aliphatic carbocycles. The van der Waals surface area contributed by atoms with Gasteiger partial charge in [-0.2, -0.15) is 5.10 Å². The zero-order valence-electron chi connectivity index (χ0n) is 24.1. The third kappa shape index (κ3) is 7.16. The number of nitrogens with two attached hydrogens (primary N) is 1. The number of halogens is 2. The Bertz CT molecular complexity index is 1720. The van der Waals surface area contributed by atoms with E-state index in [0.29, 0.717) is 16.7 Å². The number of carbonyl (C=O) groups is 3. The van der Waals surface area contributed by atoms with Crippen LogP contribution in [0.5, 0.6) is 17.2 Å². The van der Waals surface area contributed by atoms with Gasteiger partial charge in [0.2, 0.25) is 0 Å². The molecule has 3 amide bonds. The molecule has 2 aromatic heterocycles. The number of primary amides is 1. The molecule has 0 aliphatic heterocycles. The highest BCUT2D eigenvalue weighted by atomic mass is 35.5. The standard InChI is InChI=1S/C29H30Cl2N6O6/c1-29(2,3)22-14-23(37(4)36-22)35-28(40)34-17-6-7-20(25(31)24(17)30)43-19-8-9-33-18-13-21(42-11-10-41-5)16(12-15(18)19)26(38)27(32)39/h6-9,12-14H,10-11H2,1-5H3,(H2,32,39)(H2,34,35,40). The van der Waals surface area contributed by atoms with Gasteiger partial charge in [-0.05, 0) is 24.3 Å². The monoisotopic (exact) mass is 628 g/mol. The summed E-state index contributed by atoms with van der Waals surface area (Å²) in [5.41, 5.74) is 6.47. The van der Waals surface area contributed by atoms with Gasteiger partial charge in [0.15, 0.2) is 0 Å². The number of aryl methyl sites for hydroxylation is 1. The van der Waals surface area contributed by atoms with Crippen molar-refractivity contribution >= 4 is 63.3 Å². The number of rotatable bonds is 10. The summed E-state index contributed by atoms with van der Waals surface area (Å²) in [5, 5.41) is 10.3. The van der Waals surface area contributed by atoms with Crippen LogP contribution in [0.3, 0.4) is 0 Å². The lowest BCUT2D eigenvalue weighted by Gasteiger charge is -2.15. The minimum Gasteiger partial charge on any atom is -0.490 e. The molecular formula is C29H30Cl2N6O6. The number of ether oxygens (including phenoxy) is 3. The Morgan fingerprint density at radius 2 is 1.72 bits per heavy atom. The minimum absolute atomic E-state index is 0.0212. The highest BCUT2D eigenvalue weighted by Gasteiger charge is 2.23. The predicted octanol–water partition coefficient (Wildman–Crippen LogP) is 5.70. The van der Waals surface area contributed by atoms with Crippen LogP contribution in [0.1, 0.15) is 36.8 Å². The number of nitrogens with zero attached hydrogens (tertiary/aromatic N) is 3. The first-order valence-electron chi connectivity index (χ1n) is 13.0. The van der Waals surface area contributed by atoms with Crippen LogP contribution in [0.4, 0.5) is 16.3 Å². The van der Waals surface area contributed by atoms with Gasteiger partial charge in [-0.25, -0.2) is 4.79 Å². The van der Waals surface area contributed by atoms with Gasteiger partial charge in [0, 0.05) is 43.3 Å². The minimum atomic E-state index is -1.15. The lowest BCUT2D eigenvalue weighted by atomic mass is 9.92. The molecule has 2 aromatic carbocycles. The number of hydrogen-bond donors (Lipinski definition) is 3. The average Bonchev–Trinajstić information content (AvgIpc) is 3.32. The van der Waals surface area contributed by atoms with Gasteiger partial charge in [-0.15, -0.1) is 0 Å². The quantitative estimate of drug-likeness (QED) is 0.114. The summed E-state index contributed by atoms with van der Waals surface area (Å²) >= 11 is 13.0. The van der Waals surface area contributed by atoms with Crippen LogP contribution in [-0.2, 0) is 22.0 Å². The second-order valence-electron chi connectivity index (χ2n) is 10.4. The van der Waals surface area contributed by atoms with E-state index < -0.39 is 17.7 Å². The number of ketones is 1. The molecule has 0 radical (unpaired) electrons. The largest absolute Gasteiger partial charge is 0.490 e. The Kier molecular flexibility index (Phi) is 9.43. The van der Waals surface area contributed by atoms with Crippen LogP contribution in [0, 0.1) is 0 Å². The van der Waals surface area contributed by atoms with Gasteiger partial charge in [0.25, 0.3) is 11.7 Å². The highest BCUT2D eigenvalue weighted by molar-refractivity contribution is 6.45. The van der Waals surface area contributed by atoms with Crippen molar-refractivity contribution in [3.8, 4) is 17.2 Å². The first kappa shape index (κ1) is 31.5. The molecule has 0 fully saturated rings. The van der Waals surface area contributed by atoms with Crippen LogP contribution in [0.25, 0.3) is 10.9 Å². The topological polar surface area (TPSA) is 160 Å². The maximum atomic E-state index is 12.7. The third-order valence-electron chi connectivity index (χ3n) is 6.22. The van der Waals surface area contributed by atoms with E-state index in [4.69, 9.17) is 43.1 Å². The van der Waals surface area contributed by atoms with E-state index in [9.17, 15) is 14.4 Å². The van der Waals surface area contributed by atoms with E-state index in [1.807, 2.05) is 20.8 Å². The summed E-state index contributed by atoms with van der Waals surface area (Å²) in [5.74, 6) is -1.06. The molecule has 4 rings (SSSR count). The second kappa shape index (κ2) is 12.9. The first-order valence-corrected chi connectivity index (χ1v) is 13.7. The number of benzene rings is 2.